The zero-order valence-electron chi connectivity index (χ0n) is 13.7. The van der Waals surface area contributed by atoms with E-state index in [-0.39, 0.29) is 6.04 Å². The van der Waals surface area contributed by atoms with E-state index in [2.05, 4.69) is 43.9 Å². The minimum Gasteiger partial charge on any atom is -0.497 e. The molecule has 1 saturated heterocycles. The molecular weight excluding hydrogens is 260 g/mol. The molecular formula is C18H28N2O. The van der Waals surface area contributed by atoms with Crippen molar-refractivity contribution in [2.24, 2.45) is 17.6 Å². The first-order chi connectivity index (χ1) is 10.0. The average molecular weight is 288 g/mol. The van der Waals surface area contributed by atoms with Crippen molar-refractivity contribution >= 4 is 0 Å². The zero-order chi connectivity index (χ0) is 15.1. The first kappa shape index (κ1) is 14.9. The SMILES string of the molecule is COc1ccc2c(c1)C(N)C(N1CC(C)CC(C)C1C)C2. The predicted molar refractivity (Wildman–Crippen MR) is 86.5 cm³/mol. The Morgan fingerprint density at radius 2 is 2.00 bits per heavy atom. The molecule has 0 bridgehead atoms. The van der Waals surface area contributed by atoms with E-state index in [0.29, 0.717) is 12.1 Å². The van der Waals surface area contributed by atoms with E-state index in [9.17, 15) is 0 Å². The minimum atomic E-state index is 0.107. The second-order valence-electron chi connectivity index (χ2n) is 7.12. The highest BCUT2D eigenvalue weighted by Gasteiger charge is 2.40. The summed E-state index contributed by atoms with van der Waals surface area (Å²) in [5.41, 5.74) is 9.27. The van der Waals surface area contributed by atoms with Gasteiger partial charge in [0.05, 0.1) is 7.11 Å². The van der Waals surface area contributed by atoms with Crippen LogP contribution in [0.4, 0.5) is 0 Å². The number of piperidine rings is 1. The van der Waals surface area contributed by atoms with Gasteiger partial charge >= 0.3 is 0 Å². The molecule has 3 rings (SSSR count). The topological polar surface area (TPSA) is 38.5 Å². The number of methoxy groups -OCH3 is 1. The Morgan fingerprint density at radius 1 is 1.24 bits per heavy atom. The maximum Gasteiger partial charge on any atom is 0.119 e. The van der Waals surface area contributed by atoms with Crippen molar-refractivity contribution in [3.05, 3.63) is 29.3 Å². The monoisotopic (exact) mass is 288 g/mol. The van der Waals surface area contributed by atoms with Gasteiger partial charge in [-0.05, 0) is 54.9 Å². The number of rotatable bonds is 2. The van der Waals surface area contributed by atoms with Crippen LogP contribution in [0.2, 0.25) is 0 Å². The van der Waals surface area contributed by atoms with Crippen molar-refractivity contribution in [1.82, 2.24) is 4.90 Å². The largest absolute Gasteiger partial charge is 0.497 e. The van der Waals surface area contributed by atoms with Gasteiger partial charge in [-0.3, -0.25) is 4.90 Å². The Balaban J connectivity index is 1.85. The number of nitrogens with zero attached hydrogens (tertiary/aromatic N) is 1. The Bertz CT molecular complexity index is 516. The van der Waals surface area contributed by atoms with Crippen LogP contribution in [0.5, 0.6) is 5.75 Å². The van der Waals surface area contributed by atoms with Gasteiger partial charge in [0.25, 0.3) is 0 Å². The molecule has 116 valence electrons. The smallest absolute Gasteiger partial charge is 0.119 e. The molecule has 0 radical (unpaired) electrons. The molecule has 2 aliphatic rings. The Morgan fingerprint density at radius 3 is 2.71 bits per heavy atom. The molecule has 1 aliphatic heterocycles. The quantitative estimate of drug-likeness (QED) is 0.909. The van der Waals surface area contributed by atoms with Gasteiger partial charge in [-0.1, -0.05) is 19.9 Å². The Labute approximate surface area is 128 Å². The van der Waals surface area contributed by atoms with E-state index in [4.69, 9.17) is 10.5 Å². The van der Waals surface area contributed by atoms with Crippen LogP contribution in [0.25, 0.3) is 0 Å². The van der Waals surface area contributed by atoms with Crippen LogP contribution >= 0.6 is 0 Å². The van der Waals surface area contributed by atoms with E-state index in [1.807, 2.05) is 0 Å². The maximum atomic E-state index is 6.60. The average Bonchev–Trinajstić information content (AvgIpc) is 2.79. The van der Waals surface area contributed by atoms with Gasteiger partial charge in [0.2, 0.25) is 0 Å². The van der Waals surface area contributed by atoms with Gasteiger partial charge in [0.1, 0.15) is 5.75 Å². The Hall–Kier alpha value is -1.06. The van der Waals surface area contributed by atoms with Crippen LogP contribution in [0.1, 0.15) is 44.4 Å². The lowest BCUT2D eigenvalue weighted by atomic mass is 9.84. The standard InChI is InChI=1S/C18H28N2O/c1-11-7-12(2)13(3)20(10-11)17-8-14-5-6-15(21-4)9-16(14)18(17)19/h5-6,9,11-13,17-18H,7-8,10,19H2,1-4H3. The van der Waals surface area contributed by atoms with Gasteiger partial charge in [0, 0.05) is 24.7 Å². The van der Waals surface area contributed by atoms with Crippen LogP contribution in [-0.4, -0.2) is 30.6 Å². The van der Waals surface area contributed by atoms with E-state index in [1.165, 1.54) is 24.1 Å². The summed E-state index contributed by atoms with van der Waals surface area (Å²) in [5, 5.41) is 0. The maximum absolute atomic E-state index is 6.60. The lowest BCUT2D eigenvalue weighted by Crippen LogP contribution is -2.53. The summed E-state index contributed by atoms with van der Waals surface area (Å²) in [6, 6.07) is 7.53. The van der Waals surface area contributed by atoms with Gasteiger partial charge in [0.15, 0.2) is 0 Å². The van der Waals surface area contributed by atoms with Crippen molar-refractivity contribution in [3.8, 4) is 5.75 Å². The third-order valence-electron chi connectivity index (χ3n) is 5.63. The van der Waals surface area contributed by atoms with Crippen molar-refractivity contribution in [1.29, 1.82) is 0 Å². The molecule has 1 fully saturated rings. The molecule has 5 atom stereocenters. The van der Waals surface area contributed by atoms with Crippen molar-refractivity contribution in [2.75, 3.05) is 13.7 Å². The number of fused-ring (bicyclic) bond motifs is 1. The van der Waals surface area contributed by atoms with Crippen LogP contribution < -0.4 is 10.5 Å². The number of hydrogen-bond donors (Lipinski definition) is 1. The third kappa shape index (κ3) is 2.58. The number of hydrogen-bond acceptors (Lipinski definition) is 3. The number of benzene rings is 1. The summed E-state index contributed by atoms with van der Waals surface area (Å²) < 4.78 is 5.35. The first-order valence-electron chi connectivity index (χ1n) is 8.19. The van der Waals surface area contributed by atoms with Gasteiger partial charge in [-0.25, -0.2) is 0 Å². The van der Waals surface area contributed by atoms with Gasteiger partial charge in [-0.15, -0.1) is 0 Å². The van der Waals surface area contributed by atoms with E-state index in [1.54, 1.807) is 7.11 Å². The number of ether oxygens (including phenoxy) is 1. The van der Waals surface area contributed by atoms with Crippen LogP contribution in [0.3, 0.4) is 0 Å². The van der Waals surface area contributed by atoms with Crippen molar-refractivity contribution < 1.29 is 4.74 Å². The zero-order valence-corrected chi connectivity index (χ0v) is 13.7. The molecule has 21 heavy (non-hydrogen) atoms. The molecule has 3 heteroatoms. The first-order valence-corrected chi connectivity index (χ1v) is 8.19. The molecule has 0 aromatic heterocycles. The summed E-state index contributed by atoms with van der Waals surface area (Å²) in [7, 11) is 1.72. The van der Waals surface area contributed by atoms with E-state index >= 15 is 0 Å². The molecule has 1 aliphatic carbocycles. The predicted octanol–water partition coefficient (Wildman–Crippen LogP) is 2.99. The molecule has 0 amide bonds. The normalized spacial score (nSPS) is 36.5. The molecule has 2 N–H and O–H groups in total. The molecule has 1 aromatic carbocycles. The third-order valence-corrected chi connectivity index (χ3v) is 5.63. The minimum absolute atomic E-state index is 0.107. The fourth-order valence-corrected chi connectivity index (χ4v) is 4.28. The highest BCUT2D eigenvalue weighted by molar-refractivity contribution is 5.42. The lowest BCUT2D eigenvalue weighted by molar-refractivity contribution is 0.0345. The summed E-state index contributed by atoms with van der Waals surface area (Å²) in [5.74, 6) is 2.43. The van der Waals surface area contributed by atoms with Gasteiger partial charge in [-0.2, -0.15) is 0 Å². The van der Waals surface area contributed by atoms with Gasteiger partial charge < -0.3 is 10.5 Å². The second kappa shape index (κ2) is 5.62. The van der Waals surface area contributed by atoms with Crippen molar-refractivity contribution in [3.63, 3.8) is 0 Å². The molecule has 1 aromatic rings. The highest BCUT2D eigenvalue weighted by atomic mass is 16.5. The molecule has 3 nitrogen and oxygen atoms in total. The fourth-order valence-electron chi connectivity index (χ4n) is 4.28. The second-order valence-corrected chi connectivity index (χ2v) is 7.12. The fraction of sp³-hybridized carbons (Fsp3) is 0.667. The highest BCUT2D eigenvalue weighted by Crippen LogP contribution is 2.39. The summed E-state index contributed by atoms with van der Waals surface area (Å²) in [6.45, 7) is 8.29. The van der Waals surface area contributed by atoms with Crippen LogP contribution in [-0.2, 0) is 6.42 Å². The Kier molecular flexibility index (Phi) is 3.98. The van der Waals surface area contributed by atoms with E-state index in [0.717, 1.165) is 24.0 Å². The molecule has 0 saturated carbocycles. The molecule has 0 spiro atoms. The van der Waals surface area contributed by atoms with Crippen molar-refractivity contribution in [2.45, 2.75) is 51.7 Å². The van der Waals surface area contributed by atoms with Crippen LogP contribution in [0, 0.1) is 11.8 Å². The van der Waals surface area contributed by atoms with Crippen LogP contribution in [0.15, 0.2) is 18.2 Å². The summed E-state index contributed by atoms with van der Waals surface area (Å²) >= 11 is 0. The summed E-state index contributed by atoms with van der Waals surface area (Å²) in [6.07, 6.45) is 2.41. The molecule has 1 heterocycles. The summed E-state index contributed by atoms with van der Waals surface area (Å²) in [4.78, 5) is 2.66. The lowest BCUT2D eigenvalue weighted by Gasteiger charge is -2.45. The number of nitrogens with two attached hydrogens (primary N) is 1. The van der Waals surface area contributed by atoms with E-state index < -0.39 is 0 Å². The number of likely N-dealkylation sites (tertiary alicyclic amines) is 1. The molecule has 5 unspecified atom stereocenters.